The zero-order chi connectivity index (χ0) is 63.5. The normalized spacial score (nSPS) is 18.3. The first-order chi connectivity index (χ1) is 39.4. The van der Waals surface area contributed by atoms with Crippen LogP contribution in [0.25, 0.3) is 0 Å². The second-order valence-corrected chi connectivity index (χ2v) is 22.1. The number of rotatable bonds is 29. The molecule has 86 heavy (non-hydrogen) atoms. The number of carbonyl (C=O) groups is 12. The number of hydrogen-bond acceptors (Lipinski definition) is 17. The second kappa shape index (κ2) is 43.9. The first-order valence-corrected chi connectivity index (χ1v) is 28.3. The van der Waals surface area contributed by atoms with Gasteiger partial charge in [-0.3, -0.25) is 53.3 Å². The Morgan fingerprint density at radius 1 is 0.395 bits per heavy atom. The van der Waals surface area contributed by atoms with Crippen LogP contribution in [0.5, 0.6) is 0 Å². The van der Waals surface area contributed by atoms with Gasteiger partial charge in [0.05, 0.1) is 72.0 Å². The maximum Gasteiger partial charge on any atom is 2.00 e. The average Bonchev–Trinajstić information content (AvgIpc) is 2.32. The Morgan fingerprint density at radius 3 is 0.988 bits per heavy atom. The fourth-order valence-electron chi connectivity index (χ4n) is 10.8. The molecule has 0 aromatic carbocycles. The summed E-state index contributed by atoms with van der Waals surface area (Å²) in [6, 6.07) is 0.0424. The van der Waals surface area contributed by atoms with Gasteiger partial charge in [-0.1, -0.05) is 0 Å². The molecule has 2 aliphatic heterocycles. The van der Waals surface area contributed by atoms with Crippen molar-refractivity contribution in [1.82, 2.24) is 40.4 Å². The molecule has 0 aromatic rings. The van der Waals surface area contributed by atoms with Crippen LogP contribution < -0.4 is 16.0 Å². The summed E-state index contributed by atoms with van der Waals surface area (Å²) in [7, 11) is 0. The number of carboxylic acids is 9. The topological polar surface area (TPSA) is 439 Å². The van der Waals surface area contributed by atoms with Gasteiger partial charge in [0.1, 0.15) is 0 Å². The molecule has 2 fully saturated rings. The van der Waals surface area contributed by atoms with Crippen molar-refractivity contribution in [2.75, 3.05) is 190 Å². The molecule has 2 aliphatic rings. The number of likely N-dealkylation sites (N-methyl/N-ethyl adjacent to an activating group) is 1. The van der Waals surface area contributed by atoms with E-state index in [1.807, 2.05) is 11.8 Å². The molecular weight excluding hydrogens is 1240 g/mol. The van der Waals surface area contributed by atoms with E-state index >= 15 is 0 Å². The monoisotopic (exact) mass is 1340 g/mol. The van der Waals surface area contributed by atoms with Crippen LogP contribution in [0.1, 0.15) is 65.7 Å². The molecule has 2 heterocycles. The Kier molecular flexibility index (Phi) is 42.1. The molecule has 0 spiro atoms. The van der Waals surface area contributed by atoms with Crippen LogP contribution in [0.3, 0.4) is 0 Å². The number of nitrogens with zero attached hydrogens (tertiary/aromatic N) is 8. The van der Waals surface area contributed by atoms with E-state index in [0.717, 1.165) is 19.3 Å². The molecular formula is C52H94Cu2N11O21+5. The predicted molar refractivity (Wildman–Crippen MR) is 297 cm³/mol. The van der Waals surface area contributed by atoms with Crippen LogP contribution >= 0.6 is 0 Å². The molecule has 1 atom stereocenters. The third kappa shape index (κ3) is 39.2. The summed E-state index contributed by atoms with van der Waals surface area (Å²) in [6.45, 7) is 5.32. The number of carboxylic acid groups (broad SMARTS) is 9. The molecule has 3 amide bonds. The first-order valence-electron chi connectivity index (χ1n) is 28.3. The number of unbranched alkanes of at least 4 members (excludes halogenated alkanes) is 1. The zero-order valence-corrected chi connectivity index (χ0v) is 51.5. The quantitative estimate of drug-likeness (QED) is 0.0194. The fraction of sp³-hybridized carbons (Fsp3) is 0.769. The molecule has 2 radical (unpaired) electrons. The molecule has 0 aliphatic carbocycles. The van der Waals surface area contributed by atoms with E-state index in [4.69, 9.17) is 0 Å². The summed E-state index contributed by atoms with van der Waals surface area (Å²) in [6.07, 6.45) is 3.66. The van der Waals surface area contributed by atoms with Crippen molar-refractivity contribution in [3.8, 4) is 0 Å². The molecule has 12 N–H and O–H groups in total. The third-order valence-corrected chi connectivity index (χ3v) is 14.5. The minimum atomic E-state index is -1.20. The fourth-order valence-corrected chi connectivity index (χ4v) is 10.8. The van der Waals surface area contributed by atoms with E-state index in [-0.39, 0.29) is 182 Å². The summed E-state index contributed by atoms with van der Waals surface area (Å²) in [5.41, 5.74) is 0. The molecule has 2 saturated heterocycles. The van der Waals surface area contributed by atoms with Crippen LogP contribution in [0.2, 0.25) is 0 Å². The Labute approximate surface area is 522 Å². The zero-order valence-electron chi connectivity index (χ0n) is 49.6. The summed E-state index contributed by atoms with van der Waals surface area (Å²) >= 11 is 0. The van der Waals surface area contributed by atoms with Crippen molar-refractivity contribution in [2.45, 2.75) is 71.8 Å². The molecule has 0 bridgehead atoms. The van der Waals surface area contributed by atoms with Crippen LogP contribution in [0.15, 0.2) is 0 Å². The van der Waals surface area contributed by atoms with Crippen LogP contribution in [0.4, 0.5) is 0 Å². The van der Waals surface area contributed by atoms with Crippen molar-refractivity contribution < 1.29 is 151 Å². The standard InChI is InChI=1S/C28H50N6O10.C24H41N5O11.2Cu/c1-22(30-23(2)35)7-3-4-8-29-24(36)17-31-11-6-15-34(20-27(41)42,21-28(43)44)16-14-33(19-26(39)40)10-5-9-32(13-12-31)18-25(37)38;1-2-25-19(30)13-26-5-3-9-29(17-23(37)38,18-24(39)40)12-8-27(14-20(31)32)6-4-10-28(11-7-26,15-21(33)34)16-22(35)36;;/h22H,3-21H2,1-2H3,(H5-,29,30,35,36,37,38,39,40,41,42,43,44);2-18H2,1H3,(H4-2,25,30,31,32,33,34,35,36,37,38,39,40);;/q;;;+2/p+3/t22-;;;/m1.../s1/i;;2*1+0. The van der Waals surface area contributed by atoms with Gasteiger partial charge >= 0.3 is 70.8 Å². The van der Waals surface area contributed by atoms with E-state index in [1.54, 1.807) is 21.6 Å². The largest absolute Gasteiger partial charge is 2.00 e. The van der Waals surface area contributed by atoms with Crippen molar-refractivity contribution in [2.24, 2.45) is 0 Å². The maximum atomic E-state index is 12.8. The first kappa shape index (κ1) is 82.4. The number of hydrogen-bond donors (Lipinski definition) is 12. The van der Waals surface area contributed by atoms with Crippen molar-refractivity contribution >= 4 is 71.4 Å². The number of aliphatic carboxylic acids is 9. The Balaban J connectivity index is 0. The second-order valence-electron chi connectivity index (χ2n) is 22.1. The van der Waals surface area contributed by atoms with Gasteiger partial charge in [-0.25, -0.2) is 28.8 Å². The van der Waals surface area contributed by atoms with Gasteiger partial charge in [0.2, 0.25) is 17.7 Å². The van der Waals surface area contributed by atoms with E-state index in [1.165, 1.54) is 11.8 Å². The Bertz CT molecular complexity index is 2140. The molecule has 0 saturated carbocycles. The van der Waals surface area contributed by atoms with E-state index < -0.39 is 99.5 Å². The minimum absolute atomic E-state index is 0. The molecule has 500 valence electrons. The minimum Gasteiger partial charge on any atom is -0.480 e. The summed E-state index contributed by atoms with van der Waals surface area (Å²) in [5.74, 6) is -10.9. The third-order valence-electron chi connectivity index (χ3n) is 14.5. The molecule has 0 unspecified atom stereocenters. The van der Waals surface area contributed by atoms with Crippen LogP contribution in [-0.2, 0) is 91.7 Å². The average molecular weight is 1340 g/mol. The smallest absolute Gasteiger partial charge is 0.480 e. The van der Waals surface area contributed by atoms with Gasteiger partial charge in [0.25, 0.3) is 0 Å². The number of amides is 3. The van der Waals surface area contributed by atoms with Crippen LogP contribution in [-0.4, -0.2) is 351 Å². The van der Waals surface area contributed by atoms with Crippen molar-refractivity contribution in [3.05, 3.63) is 0 Å². The predicted octanol–water partition coefficient (Wildman–Crippen LogP) is -3.78. The van der Waals surface area contributed by atoms with E-state index in [9.17, 15) is 103 Å². The van der Waals surface area contributed by atoms with Gasteiger partial charge in [0.15, 0.2) is 39.3 Å². The van der Waals surface area contributed by atoms with Gasteiger partial charge in [-0.15, -0.1) is 0 Å². The van der Waals surface area contributed by atoms with Gasteiger partial charge in [0, 0.05) is 128 Å². The maximum absolute atomic E-state index is 12.8. The van der Waals surface area contributed by atoms with Gasteiger partial charge < -0.3 is 75.4 Å². The molecule has 2 rings (SSSR count). The number of nitrogens with one attached hydrogen (secondary N) is 3. The van der Waals surface area contributed by atoms with Crippen molar-refractivity contribution in [1.29, 1.82) is 0 Å². The number of quaternary nitrogens is 3. The molecule has 34 heteroatoms. The SMILES string of the molecule is CC(=O)N[C@H](C)CCCCNC(=O)CN1CCC[N+](CC(=O)O)(CC(=O)O)CCN(CC(=O)O)CCCN(CC(=O)O)CC1.CCNC(=O)CN1CCC[N+](CC(=O)O)(CC(=O)O)CCN(CC(=O)O)CCC[N+](CC(=O)O)(CC(=O)O)CC1.[64Cu+2].[64Cu]. The Morgan fingerprint density at radius 2 is 0.686 bits per heavy atom. The van der Waals surface area contributed by atoms with Crippen LogP contribution in [0, 0.1) is 0 Å². The summed E-state index contributed by atoms with van der Waals surface area (Å²) in [4.78, 5) is 150. The summed E-state index contributed by atoms with van der Waals surface area (Å²) in [5, 5.41) is 94.2. The van der Waals surface area contributed by atoms with Gasteiger partial charge in [-0.2, -0.15) is 0 Å². The number of carbonyl (C=O) groups excluding carboxylic acids is 3. The van der Waals surface area contributed by atoms with E-state index in [2.05, 4.69) is 16.0 Å². The Hall–Kier alpha value is -5.64. The van der Waals surface area contributed by atoms with Crippen molar-refractivity contribution in [3.63, 3.8) is 0 Å². The molecule has 32 nitrogen and oxygen atoms in total. The van der Waals surface area contributed by atoms with Gasteiger partial charge in [-0.05, 0) is 39.5 Å². The summed E-state index contributed by atoms with van der Waals surface area (Å²) < 4.78 is -0.911. The van der Waals surface area contributed by atoms with E-state index in [0.29, 0.717) is 58.7 Å². The molecule has 0 aromatic heterocycles.